The summed E-state index contributed by atoms with van der Waals surface area (Å²) in [5.41, 5.74) is 0.532. The minimum atomic E-state index is -0.722. The summed E-state index contributed by atoms with van der Waals surface area (Å²) < 4.78 is 5.42. The van der Waals surface area contributed by atoms with Crippen molar-refractivity contribution in [2.45, 2.75) is 0 Å². The Labute approximate surface area is 77.9 Å². The third-order valence-corrected chi connectivity index (χ3v) is 1.61. The lowest BCUT2D eigenvalue weighted by atomic mass is 10.3. The molecule has 6 nitrogen and oxygen atoms in total. The van der Waals surface area contributed by atoms with Crippen LogP contribution in [0, 0.1) is 0 Å². The predicted octanol–water partition coefficient (Wildman–Crippen LogP) is 0.677. The van der Waals surface area contributed by atoms with E-state index < -0.39 is 11.8 Å². The summed E-state index contributed by atoms with van der Waals surface area (Å²) in [6, 6.07) is 8.64. The molecule has 2 aromatic rings. The lowest BCUT2D eigenvalue weighted by Gasteiger charge is -1.94. The fourth-order valence-corrected chi connectivity index (χ4v) is 1.03. The van der Waals surface area contributed by atoms with Crippen molar-refractivity contribution in [2.24, 2.45) is 0 Å². The molecular weight excluding hydrogens is 188 g/mol. The zero-order valence-corrected chi connectivity index (χ0v) is 6.95. The van der Waals surface area contributed by atoms with Gasteiger partial charge < -0.3 is 4.42 Å². The monoisotopic (exact) mass is 194 g/mol. The molecule has 1 aromatic heterocycles. The molecule has 0 radical (unpaired) electrons. The van der Waals surface area contributed by atoms with E-state index in [0.717, 1.165) is 4.68 Å². The van der Waals surface area contributed by atoms with Crippen LogP contribution in [0.5, 0.6) is 6.08 Å². The van der Waals surface area contributed by atoms with Gasteiger partial charge in [-0.3, -0.25) is 4.89 Å². The lowest BCUT2D eigenvalue weighted by molar-refractivity contribution is -0.160. The smallest absolute Gasteiger partial charge is 0.356 e. The number of aromatic nitrogens is 2. The van der Waals surface area contributed by atoms with Gasteiger partial charge in [-0.1, -0.05) is 23.3 Å². The molecule has 14 heavy (non-hydrogen) atoms. The molecule has 0 aliphatic carbocycles. The normalized spacial score (nSPS) is 10.1. The summed E-state index contributed by atoms with van der Waals surface area (Å²) in [6.07, 6.45) is -0.487. The van der Waals surface area contributed by atoms with Crippen LogP contribution in [0.3, 0.4) is 0 Å². The number of hydrogen-bond donors (Lipinski definition) is 1. The molecule has 72 valence electrons. The standard InChI is InChI=1S/C8H6N2O4/c11-8-10(9-7(13-8)14-12)6-4-2-1-3-5-6/h1-5,12H. The number of nitrogens with zero attached hydrogens (tertiary/aromatic N) is 2. The van der Waals surface area contributed by atoms with Crippen LogP contribution in [0.15, 0.2) is 39.5 Å². The highest BCUT2D eigenvalue weighted by Gasteiger charge is 2.09. The quantitative estimate of drug-likeness (QED) is 0.561. The summed E-state index contributed by atoms with van der Waals surface area (Å²) in [5.74, 6) is -0.722. The maximum absolute atomic E-state index is 11.1. The SMILES string of the molecule is O=c1oc(OO)nn1-c1ccccc1. The van der Waals surface area contributed by atoms with Crippen LogP contribution in [0.25, 0.3) is 5.69 Å². The maximum atomic E-state index is 11.1. The highest BCUT2D eigenvalue weighted by molar-refractivity contribution is 5.29. The van der Waals surface area contributed by atoms with Gasteiger partial charge in [0.05, 0.1) is 5.69 Å². The zero-order valence-electron chi connectivity index (χ0n) is 6.95. The molecule has 0 aliphatic rings. The van der Waals surface area contributed by atoms with Crippen molar-refractivity contribution in [2.75, 3.05) is 0 Å². The van der Waals surface area contributed by atoms with Gasteiger partial charge in [0.15, 0.2) is 0 Å². The third kappa shape index (κ3) is 1.38. The first-order valence-electron chi connectivity index (χ1n) is 3.78. The lowest BCUT2D eigenvalue weighted by Crippen LogP contribution is -2.12. The number of hydrogen-bond acceptors (Lipinski definition) is 5. The van der Waals surface area contributed by atoms with E-state index in [1.54, 1.807) is 30.3 Å². The summed E-state index contributed by atoms with van der Waals surface area (Å²) in [5, 5.41) is 11.8. The molecule has 0 fully saturated rings. The Morgan fingerprint density at radius 3 is 2.64 bits per heavy atom. The molecule has 6 heteroatoms. The maximum Gasteiger partial charge on any atom is 0.447 e. The van der Waals surface area contributed by atoms with Gasteiger partial charge in [0.1, 0.15) is 0 Å². The Hall–Kier alpha value is -2.08. The average Bonchev–Trinajstić information content (AvgIpc) is 2.61. The summed E-state index contributed by atoms with van der Waals surface area (Å²) in [6.45, 7) is 0. The second kappa shape index (κ2) is 3.35. The fourth-order valence-electron chi connectivity index (χ4n) is 1.03. The Balaban J connectivity index is 2.52. The van der Waals surface area contributed by atoms with E-state index in [9.17, 15) is 4.79 Å². The van der Waals surface area contributed by atoms with Gasteiger partial charge in [0.2, 0.25) is 0 Å². The van der Waals surface area contributed by atoms with Crippen LogP contribution in [0.4, 0.5) is 0 Å². The Morgan fingerprint density at radius 2 is 2.07 bits per heavy atom. The van der Waals surface area contributed by atoms with Crippen molar-refractivity contribution in [3.05, 3.63) is 40.9 Å². The van der Waals surface area contributed by atoms with Crippen LogP contribution in [0.2, 0.25) is 0 Å². The van der Waals surface area contributed by atoms with E-state index in [1.807, 2.05) is 0 Å². The van der Waals surface area contributed by atoms with Crippen molar-refractivity contribution in [3.63, 3.8) is 0 Å². The summed E-state index contributed by atoms with van der Waals surface area (Å²) in [7, 11) is 0. The van der Waals surface area contributed by atoms with Crippen molar-refractivity contribution in [1.82, 2.24) is 9.78 Å². The van der Waals surface area contributed by atoms with E-state index in [2.05, 4.69) is 14.4 Å². The van der Waals surface area contributed by atoms with Crippen LogP contribution in [-0.2, 0) is 0 Å². The van der Waals surface area contributed by atoms with Crippen molar-refractivity contribution >= 4 is 0 Å². The minimum absolute atomic E-state index is 0.487. The number of rotatable bonds is 2. The number of para-hydroxylation sites is 1. The third-order valence-electron chi connectivity index (χ3n) is 1.61. The van der Waals surface area contributed by atoms with E-state index in [0.29, 0.717) is 5.69 Å². The minimum Gasteiger partial charge on any atom is -0.356 e. The van der Waals surface area contributed by atoms with Gasteiger partial charge in [0.25, 0.3) is 0 Å². The molecule has 1 N–H and O–H groups in total. The summed E-state index contributed by atoms with van der Waals surface area (Å²) in [4.78, 5) is 14.8. The van der Waals surface area contributed by atoms with Crippen LogP contribution in [-0.4, -0.2) is 15.0 Å². The molecular formula is C8H6N2O4. The second-order valence-electron chi connectivity index (χ2n) is 2.47. The Kier molecular flexibility index (Phi) is 2.04. The van der Waals surface area contributed by atoms with E-state index in [-0.39, 0.29) is 0 Å². The van der Waals surface area contributed by atoms with Crippen molar-refractivity contribution in [3.8, 4) is 11.8 Å². The van der Waals surface area contributed by atoms with Gasteiger partial charge in [-0.15, -0.1) is 0 Å². The van der Waals surface area contributed by atoms with Crippen molar-refractivity contribution in [1.29, 1.82) is 0 Å². The highest BCUT2D eigenvalue weighted by atomic mass is 17.1. The first-order chi connectivity index (χ1) is 6.81. The van der Waals surface area contributed by atoms with Crippen LogP contribution in [0.1, 0.15) is 0 Å². The molecule has 2 rings (SSSR count). The molecule has 0 saturated heterocycles. The van der Waals surface area contributed by atoms with Gasteiger partial charge in [0, 0.05) is 0 Å². The number of benzene rings is 1. The topological polar surface area (TPSA) is 77.5 Å². The molecule has 0 bridgehead atoms. The molecule has 0 atom stereocenters. The van der Waals surface area contributed by atoms with Crippen LogP contribution >= 0.6 is 0 Å². The average molecular weight is 194 g/mol. The molecule has 0 unspecified atom stereocenters. The van der Waals surface area contributed by atoms with E-state index in [4.69, 9.17) is 5.26 Å². The van der Waals surface area contributed by atoms with Crippen LogP contribution < -0.4 is 10.6 Å². The zero-order chi connectivity index (χ0) is 9.97. The predicted molar refractivity (Wildman–Crippen MR) is 45.4 cm³/mol. The fraction of sp³-hybridized carbons (Fsp3) is 0. The molecule has 0 amide bonds. The Morgan fingerprint density at radius 1 is 1.36 bits per heavy atom. The molecule has 0 aliphatic heterocycles. The molecule has 0 saturated carbocycles. The van der Waals surface area contributed by atoms with E-state index >= 15 is 0 Å². The molecule has 1 heterocycles. The van der Waals surface area contributed by atoms with Gasteiger partial charge in [-0.25, -0.2) is 4.79 Å². The Bertz CT molecular complexity index is 474. The van der Waals surface area contributed by atoms with Gasteiger partial charge >= 0.3 is 11.8 Å². The second-order valence-corrected chi connectivity index (χ2v) is 2.47. The summed E-state index contributed by atoms with van der Waals surface area (Å²) >= 11 is 0. The molecule has 1 aromatic carbocycles. The highest BCUT2D eigenvalue weighted by Crippen LogP contribution is 2.06. The largest absolute Gasteiger partial charge is 0.447 e. The van der Waals surface area contributed by atoms with Gasteiger partial charge in [-0.2, -0.15) is 9.94 Å². The first-order valence-corrected chi connectivity index (χ1v) is 3.78. The molecule has 0 spiro atoms. The van der Waals surface area contributed by atoms with E-state index in [1.165, 1.54) is 0 Å². The van der Waals surface area contributed by atoms with Crippen molar-refractivity contribution < 1.29 is 14.6 Å². The van der Waals surface area contributed by atoms with Gasteiger partial charge in [-0.05, 0) is 12.1 Å². The first kappa shape index (κ1) is 8.52.